The van der Waals surface area contributed by atoms with Crippen LogP contribution in [0.4, 0.5) is 0 Å². The fourth-order valence-electron chi connectivity index (χ4n) is 4.28. The Hall–Kier alpha value is -2.40. The fourth-order valence-corrected chi connectivity index (χ4v) is 5.53. The Morgan fingerprint density at radius 1 is 0.938 bits per heavy atom. The molecule has 3 unspecified atom stereocenters. The van der Waals surface area contributed by atoms with Crippen LogP contribution in [0.3, 0.4) is 0 Å². The normalized spacial score (nSPS) is 15.2. The standard InChI is InChI=1S/C27H35NO3S/c1-22(23-14-5-3-6-15-23)13-9-11-19-32(30)20-12-10-18-27(2,24-16-7-4-8-17-24)25-21-26(29)28-31-25/h3-8,14-17,21-22H,9-13,18-20H2,1-2H3,(H,28,29). The van der Waals surface area contributed by atoms with Crippen molar-refractivity contribution >= 4 is 10.8 Å². The summed E-state index contributed by atoms with van der Waals surface area (Å²) in [6.07, 6.45) is 5.93. The molecule has 0 saturated carbocycles. The largest absolute Gasteiger partial charge is 0.383 e. The summed E-state index contributed by atoms with van der Waals surface area (Å²) < 4.78 is 18.0. The van der Waals surface area contributed by atoms with Gasteiger partial charge in [0.2, 0.25) is 0 Å². The number of aromatic amines is 1. The number of hydrogen-bond donors (Lipinski definition) is 1. The molecular weight excluding hydrogens is 418 g/mol. The first-order valence-electron chi connectivity index (χ1n) is 11.6. The lowest BCUT2D eigenvalue weighted by atomic mass is 9.76. The number of unbranched alkanes of at least 4 members (excludes halogenated alkanes) is 2. The van der Waals surface area contributed by atoms with Crippen LogP contribution in [-0.4, -0.2) is 20.9 Å². The van der Waals surface area contributed by atoms with Gasteiger partial charge < -0.3 is 4.52 Å². The van der Waals surface area contributed by atoms with Crippen LogP contribution in [0.5, 0.6) is 0 Å². The van der Waals surface area contributed by atoms with Gasteiger partial charge in [-0.25, -0.2) is 0 Å². The van der Waals surface area contributed by atoms with E-state index in [9.17, 15) is 9.00 Å². The van der Waals surface area contributed by atoms with E-state index in [1.807, 2.05) is 18.2 Å². The Bertz CT molecular complexity index is 1010. The zero-order chi connectivity index (χ0) is 22.8. The second-order valence-electron chi connectivity index (χ2n) is 8.89. The maximum Gasteiger partial charge on any atom is 0.280 e. The molecule has 0 amide bonds. The highest BCUT2D eigenvalue weighted by Gasteiger charge is 2.32. The van der Waals surface area contributed by atoms with Gasteiger partial charge in [0.1, 0.15) is 5.76 Å². The molecule has 0 bridgehead atoms. The third-order valence-electron chi connectivity index (χ3n) is 6.41. The van der Waals surface area contributed by atoms with Gasteiger partial charge in [0.05, 0.1) is 5.41 Å². The van der Waals surface area contributed by atoms with Gasteiger partial charge in [0.15, 0.2) is 0 Å². The van der Waals surface area contributed by atoms with E-state index in [4.69, 9.17) is 4.52 Å². The van der Waals surface area contributed by atoms with Gasteiger partial charge in [0.25, 0.3) is 5.56 Å². The molecule has 2 aromatic carbocycles. The Kier molecular flexibility index (Phi) is 9.10. The van der Waals surface area contributed by atoms with E-state index >= 15 is 0 Å². The summed E-state index contributed by atoms with van der Waals surface area (Å²) in [6.45, 7) is 4.38. The maximum absolute atomic E-state index is 12.5. The van der Waals surface area contributed by atoms with Crippen molar-refractivity contribution in [3.8, 4) is 0 Å². The van der Waals surface area contributed by atoms with Crippen LogP contribution in [0.15, 0.2) is 76.0 Å². The van der Waals surface area contributed by atoms with Crippen molar-refractivity contribution < 1.29 is 8.73 Å². The lowest BCUT2D eigenvalue weighted by Crippen LogP contribution is -2.23. The van der Waals surface area contributed by atoms with Crippen LogP contribution in [0.25, 0.3) is 0 Å². The van der Waals surface area contributed by atoms with E-state index < -0.39 is 10.8 Å². The molecule has 1 heterocycles. The van der Waals surface area contributed by atoms with Gasteiger partial charge in [-0.05, 0) is 49.7 Å². The van der Waals surface area contributed by atoms with Gasteiger partial charge in [-0.2, -0.15) is 5.16 Å². The molecule has 0 fully saturated rings. The minimum absolute atomic E-state index is 0.218. The predicted molar refractivity (Wildman–Crippen MR) is 133 cm³/mol. The van der Waals surface area contributed by atoms with Crippen LogP contribution in [0.2, 0.25) is 0 Å². The third kappa shape index (κ3) is 6.80. The zero-order valence-electron chi connectivity index (χ0n) is 19.2. The molecule has 0 saturated heterocycles. The average Bonchev–Trinajstić information content (AvgIpc) is 3.27. The minimum Gasteiger partial charge on any atom is -0.383 e. The van der Waals surface area contributed by atoms with Gasteiger partial charge in [-0.15, -0.1) is 0 Å². The van der Waals surface area contributed by atoms with Crippen molar-refractivity contribution in [2.24, 2.45) is 0 Å². The maximum atomic E-state index is 12.5. The molecule has 0 aliphatic carbocycles. The number of H-pyrrole nitrogens is 1. The van der Waals surface area contributed by atoms with Crippen molar-refractivity contribution in [2.75, 3.05) is 11.5 Å². The van der Waals surface area contributed by atoms with Crippen molar-refractivity contribution in [1.29, 1.82) is 0 Å². The number of hydrogen-bond acceptors (Lipinski definition) is 3. The first kappa shape index (κ1) is 24.2. The predicted octanol–water partition coefficient (Wildman–Crippen LogP) is 6.17. The van der Waals surface area contributed by atoms with E-state index in [0.717, 1.165) is 55.6 Å². The topological polar surface area (TPSA) is 63.1 Å². The van der Waals surface area contributed by atoms with Crippen molar-refractivity contribution in [3.63, 3.8) is 0 Å². The van der Waals surface area contributed by atoms with E-state index in [-0.39, 0.29) is 11.0 Å². The smallest absolute Gasteiger partial charge is 0.280 e. The molecule has 3 aromatic rings. The molecule has 0 aliphatic heterocycles. The van der Waals surface area contributed by atoms with E-state index in [1.165, 1.54) is 5.56 Å². The van der Waals surface area contributed by atoms with Crippen LogP contribution in [-0.2, 0) is 16.2 Å². The number of benzene rings is 2. The molecule has 3 rings (SSSR count). The number of rotatable bonds is 13. The molecule has 0 spiro atoms. The lowest BCUT2D eigenvalue weighted by Gasteiger charge is -2.27. The first-order valence-corrected chi connectivity index (χ1v) is 13.1. The van der Waals surface area contributed by atoms with E-state index in [0.29, 0.717) is 11.7 Å². The highest BCUT2D eigenvalue weighted by molar-refractivity contribution is 7.84. The summed E-state index contributed by atoms with van der Waals surface area (Å²) in [6, 6.07) is 22.3. The summed E-state index contributed by atoms with van der Waals surface area (Å²) in [5.74, 6) is 2.72. The SMILES string of the molecule is CC(CCCCS(=O)CCCCC(C)(c1ccccc1)c1cc(=O)[nH]o1)c1ccccc1. The summed E-state index contributed by atoms with van der Waals surface area (Å²) >= 11 is 0. The quantitative estimate of drug-likeness (QED) is 0.315. The molecule has 5 heteroatoms. The van der Waals surface area contributed by atoms with Crippen LogP contribution in [0, 0.1) is 0 Å². The lowest BCUT2D eigenvalue weighted by molar-refractivity contribution is 0.313. The summed E-state index contributed by atoms with van der Waals surface area (Å²) in [4.78, 5) is 11.6. The summed E-state index contributed by atoms with van der Waals surface area (Å²) in [5.41, 5.74) is 1.91. The highest BCUT2D eigenvalue weighted by Crippen LogP contribution is 2.36. The highest BCUT2D eigenvalue weighted by atomic mass is 32.2. The molecule has 3 atom stereocenters. The molecule has 172 valence electrons. The van der Waals surface area contributed by atoms with Crippen molar-refractivity contribution in [1.82, 2.24) is 5.16 Å². The van der Waals surface area contributed by atoms with Crippen LogP contribution >= 0.6 is 0 Å². The summed E-state index contributed by atoms with van der Waals surface area (Å²) in [7, 11) is -0.772. The monoisotopic (exact) mass is 453 g/mol. The fraction of sp³-hybridized carbons (Fsp3) is 0.444. The second kappa shape index (κ2) is 12.0. The zero-order valence-corrected chi connectivity index (χ0v) is 20.0. The van der Waals surface area contributed by atoms with Crippen molar-refractivity contribution in [3.05, 3.63) is 94.0 Å². The molecule has 0 radical (unpaired) electrons. The third-order valence-corrected chi connectivity index (χ3v) is 7.89. The van der Waals surface area contributed by atoms with Crippen LogP contribution < -0.4 is 5.56 Å². The van der Waals surface area contributed by atoms with E-state index in [1.54, 1.807) is 6.07 Å². The number of nitrogens with one attached hydrogen (secondary N) is 1. The van der Waals surface area contributed by atoms with Crippen molar-refractivity contribution in [2.45, 2.75) is 63.7 Å². The van der Waals surface area contributed by atoms with Gasteiger partial charge >= 0.3 is 0 Å². The Morgan fingerprint density at radius 3 is 2.19 bits per heavy atom. The van der Waals surface area contributed by atoms with Gasteiger partial charge in [0, 0.05) is 28.4 Å². The van der Waals surface area contributed by atoms with Gasteiger partial charge in [-0.1, -0.05) is 80.4 Å². The average molecular weight is 454 g/mol. The second-order valence-corrected chi connectivity index (χ2v) is 10.6. The summed E-state index contributed by atoms with van der Waals surface area (Å²) in [5, 5.41) is 2.42. The number of aromatic nitrogens is 1. The molecular formula is C27H35NO3S. The Labute approximate surface area is 193 Å². The van der Waals surface area contributed by atoms with Crippen LogP contribution in [0.1, 0.15) is 75.2 Å². The molecule has 32 heavy (non-hydrogen) atoms. The molecule has 0 aliphatic rings. The van der Waals surface area contributed by atoms with Gasteiger partial charge in [-0.3, -0.25) is 9.00 Å². The molecule has 1 aromatic heterocycles. The van der Waals surface area contributed by atoms with E-state index in [2.05, 4.69) is 61.5 Å². The minimum atomic E-state index is -0.772. The molecule has 1 N–H and O–H groups in total. The Balaban J connectivity index is 1.41. The Morgan fingerprint density at radius 2 is 1.56 bits per heavy atom. The molecule has 4 nitrogen and oxygen atoms in total. The first-order chi connectivity index (χ1) is 15.5.